The van der Waals surface area contributed by atoms with Crippen molar-refractivity contribution in [3.63, 3.8) is 0 Å². The Labute approximate surface area is 244 Å². The molecule has 0 saturated carbocycles. The molecule has 0 spiro atoms. The number of thioether (sulfide) groups is 1. The highest BCUT2D eigenvalue weighted by atomic mass is 35.5. The molecule has 1 amide bonds. The normalized spacial score (nSPS) is 15.5. The second-order valence-electron chi connectivity index (χ2n) is 8.19. The van der Waals surface area contributed by atoms with E-state index in [0.29, 0.717) is 59.5 Å². The molecule has 38 heavy (non-hydrogen) atoms. The van der Waals surface area contributed by atoms with Crippen LogP contribution in [0.25, 0.3) is 6.08 Å². The predicted molar refractivity (Wildman–Crippen MR) is 160 cm³/mol. The van der Waals surface area contributed by atoms with Crippen LogP contribution < -0.4 is 9.64 Å². The van der Waals surface area contributed by atoms with Crippen LogP contribution in [0.4, 0.5) is 11.4 Å². The number of carbonyl (C=O) groups excluding carboxylic acids is 1. The van der Waals surface area contributed by atoms with Gasteiger partial charge in [-0.2, -0.15) is 0 Å². The molecule has 1 heterocycles. The first-order valence-corrected chi connectivity index (χ1v) is 13.7. The molecule has 0 radical (unpaired) electrons. The lowest BCUT2D eigenvalue weighted by molar-refractivity contribution is -0.113. The third-order valence-corrected chi connectivity index (χ3v) is 7.52. The lowest BCUT2D eigenvalue weighted by atomic mass is 10.2. The van der Waals surface area contributed by atoms with Crippen LogP contribution in [-0.2, 0) is 11.4 Å². The van der Waals surface area contributed by atoms with E-state index in [1.54, 1.807) is 71.6 Å². The van der Waals surface area contributed by atoms with E-state index in [4.69, 9.17) is 56.1 Å². The quantitative estimate of drug-likeness (QED) is 0.207. The Kier molecular flexibility index (Phi) is 8.32. The van der Waals surface area contributed by atoms with Gasteiger partial charge in [0.2, 0.25) is 0 Å². The number of hydrogen-bond acceptors (Lipinski definition) is 4. The lowest BCUT2D eigenvalue weighted by Crippen LogP contribution is -2.28. The summed E-state index contributed by atoms with van der Waals surface area (Å²) in [4.78, 5) is 20.3. The second-order valence-corrected chi connectivity index (χ2v) is 10.9. The zero-order valence-electron chi connectivity index (χ0n) is 19.6. The monoisotopic (exact) mass is 598 g/mol. The van der Waals surface area contributed by atoms with E-state index < -0.39 is 0 Å². The van der Waals surface area contributed by atoms with Crippen LogP contribution >= 0.6 is 58.2 Å². The summed E-state index contributed by atoms with van der Waals surface area (Å²) in [5.41, 5.74) is 2.96. The van der Waals surface area contributed by atoms with Crippen LogP contribution in [0.1, 0.15) is 11.1 Å². The largest absolute Gasteiger partial charge is 0.486 e. The number of benzene rings is 4. The molecule has 9 heteroatoms. The number of rotatable bonds is 6. The van der Waals surface area contributed by atoms with Gasteiger partial charge in [-0.3, -0.25) is 9.69 Å². The van der Waals surface area contributed by atoms with Crippen LogP contribution in [-0.4, -0.2) is 11.1 Å². The zero-order valence-corrected chi connectivity index (χ0v) is 23.4. The van der Waals surface area contributed by atoms with Gasteiger partial charge in [0.1, 0.15) is 6.61 Å². The third kappa shape index (κ3) is 6.20. The molecule has 0 N–H and O–H groups in total. The molecule has 1 aliphatic rings. The predicted octanol–water partition coefficient (Wildman–Crippen LogP) is 9.69. The van der Waals surface area contributed by atoms with Crippen molar-refractivity contribution in [2.75, 3.05) is 4.90 Å². The molecule has 1 saturated heterocycles. The molecule has 0 aliphatic carbocycles. The molecule has 4 aromatic rings. The Balaban J connectivity index is 1.46. The number of ether oxygens (including phenoxy) is 1. The fourth-order valence-electron chi connectivity index (χ4n) is 3.67. The minimum absolute atomic E-state index is 0.235. The Morgan fingerprint density at radius 3 is 2.05 bits per heavy atom. The smallest absolute Gasteiger partial charge is 0.271 e. The number of anilines is 1. The minimum atomic E-state index is -0.235. The Bertz CT molecular complexity index is 1520. The van der Waals surface area contributed by atoms with Gasteiger partial charge in [-0.25, -0.2) is 4.99 Å². The van der Waals surface area contributed by atoms with E-state index >= 15 is 0 Å². The number of nitrogens with zero attached hydrogens (tertiary/aromatic N) is 2. The van der Waals surface area contributed by atoms with Crippen molar-refractivity contribution in [3.05, 3.63) is 127 Å². The summed E-state index contributed by atoms with van der Waals surface area (Å²) in [5, 5.41) is 2.36. The summed E-state index contributed by atoms with van der Waals surface area (Å²) in [5.74, 6) is 0.152. The van der Waals surface area contributed by atoms with Gasteiger partial charge in [-0.1, -0.05) is 76.7 Å². The summed E-state index contributed by atoms with van der Waals surface area (Å²) in [6, 6.07) is 27.2. The Hall–Kier alpha value is -2.93. The van der Waals surface area contributed by atoms with Gasteiger partial charge in [0.05, 0.1) is 26.3 Å². The van der Waals surface area contributed by atoms with Crippen LogP contribution in [0, 0.1) is 0 Å². The van der Waals surface area contributed by atoms with Gasteiger partial charge in [0.15, 0.2) is 10.9 Å². The van der Waals surface area contributed by atoms with Gasteiger partial charge in [0, 0.05) is 10.0 Å². The number of amides is 1. The van der Waals surface area contributed by atoms with Gasteiger partial charge in [-0.05, 0) is 89.6 Å². The van der Waals surface area contributed by atoms with Crippen LogP contribution in [0.2, 0.25) is 20.1 Å². The highest BCUT2D eigenvalue weighted by Gasteiger charge is 2.35. The third-order valence-electron chi connectivity index (χ3n) is 5.49. The van der Waals surface area contributed by atoms with Crippen molar-refractivity contribution in [1.29, 1.82) is 0 Å². The van der Waals surface area contributed by atoms with Gasteiger partial charge in [0.25, 0.3) is 5.91 Å². The molecule has 1 aliphatic heterocycles. The van der Waals surface area contributed by atoms with Crippen molar-refractivity contribution in [1.82, 2.24) is 0 Å². The fraction of sp³-hybridized carbons (Fsp3) is 0.0345. The molecular formula is C29H18Cl4N2O2S. The first-order valence-electron chi connectivity index (χ1n) is 11.4. The van der Waals surface area contributed by atoms with E-state index in [2.05, 4.69) is 0 Å². The maximum absolute atomic E-state index is 13.6. The number of aliphatic imine (C=N–C) groups is 1. The molecule has 0 aromatic heterocycles. The molecule has 4 nitrogen and oxygen atoms in total. The minimum Gasteiger partial charge on any atom is -0.486 e. The van der Waals surface area contributed by atoms with Crippen molar-refractivity contribution in [2.45, 2.75) is 6.61 Å². The highest BCUT2D eigenvalue weighted by molar-refractivity contribution is 8.19. The maximum Gasteiger partial charge on any atom is 0.271 e. The summed E-state index contributed by atoms with van der Waals surface area (Å²) in [6.45, 7) is 0.329. The molecule has 190 valence electrons. The number of halogens is 4. The summed E-state index contributed by atoms with van der Waals surface area (Å²) < 4.78 is 5.87. The van der Waals surface area contributed by atoms with Gasteiger partial charge in [-0.15, -0.1) is 0 Å². The van der Waals surface area contributed by atoms with Crippen LogP contribution in [0.5, 0.6) is 5.75 Å². The van der Waals surface area contributed by atoms with E-state index in [0.717, 1.165) is 5.56 Å². The van der Waals surface area contributed by atoms with Crippen molar-refractivity contribution in [2.24, 2.45) is 4.99 Å². The van der Waals surface area contributed by atoms with E-state index in [9.17, 15) is 4.79 Å². The van der Waals surface area contributed by atoms with Gasteiger partial charge >= 0.3 is 0 Å². The zero-order chi connectivity index (χ0) is 26.6. The highest BCUT2D eigenvalue weighted by Crippen LogP contribution is 2.40. The average Bonchev–Trinajstić information content (AvgIpc) is 3.20. The molecule has 5 rings (SSSR count). The average molecular weight is 600 g/mol. The summed E-state index contributed by atoms with van der Waals surface area (Å²) >= 11 is 26.4. The first-order chi connectivity index (χ1) is 18.4. The topological polar surface area (TPSA) is 41.9 Å². The molecule has 0 atom stereocenters. The maximum atomic E-state index is 13.6. The molecule has 1 fully saturated rings. The lowest BCUT2D eigenvalue weighted by Gasteiger charge is -2.15. The number of amidine groups is 1. The summed E-state index contributed by atoms with van der Waals surface area (Å²) in [7, 11) is 0. The molecule has 4 aromatic carbocycles. The SMILES string of the molecule is O=C1/C(=C/c2cc(Cl)c(OCc3ccccc3)c(Cl)c2)SC(=Nc2ccc(Cl)cc2)N1c1ccc(Cl)cc1. The second kappa shape index (κ2) is 11.9. The van der Waals surface area contributed by atoms with Gasteiger partial charge < -0.3 is 4.74 Å². The number of carbonyl (C=O) groups is 1. The van der Waals surface area contributed by atoms with Crippen LogP contribution in [0.3, 0.4) is 0 Å². The van der Waals surface area contributed by atoms with E-state index in [1.165, 1.54) is 11.8 Å². The molecular weight excluding hydrogens is 582 g/mol. The Morgan fingerprint density at radius 1 is 0.816 bits per heavy atom. The standard InChI is InChI=1S/C29H18Cl4N2O2S/c30-20-6-10-22(11-7-20)34-29-35(23-12-8-21(31)9-13-23)28(36)26(38-29)16-19-14-24(32)27(25(33)15-19)37-17-18-4-2-1-3-5-18/h1-16H,17H2/b26-16-,34-29?. The van der Waals surface area contributed by atoms with E-state index in [1.807, 2.05) is 30.3 Å². The Morgan fingerprint density at radius 2 is 1.42 bits per heavy atom. The van der Waals surface area contributed by atoms with Crippen molar-refractivity contribution >= 4 is 86.7 Å². The van der Waals surface area contributed by atoms with Crippen molar-refractivity contribution in [3.8, 4) is 5.75 Å². The van der Waals surface area contributed by atoms with Crippen LogP contribution in [0.15, 0.2) is 101 Å². The first kappa shape index (κ1) is 26.7. The molecule has 0 unspecified atom stereocenters. The number of hydrogen-bond donors (Lipinski definition) is 0. The van der Waals surface area contributed by atoms with Crippen molar-refractivity contribution < 1.29 is 9.53 Å². The summed E-state index contributed by atoms with van der Waals surface area (Å²) in [6.07, 6.45) is 1.74. The van der Waals surface area contributed by atoms with E-state index in [-0.39, 0.29) is 5.91 Å². The molecule has 0 bridgehead atoms. The fourth-order valence-corrected chi connectivity index (χ4v) is 5.54.